The molecule has 1 aromatic heterocycles. The Bertz CT molecular complexity index is 1010. The first-order valence-corrected chi connectivity index (χ1v) is 9.13. The molecule has 3 aromatic rings. The number of nitrogens with zero attached hydrogens (tertiary/aromatic N) is 1. The van der Waals surface area contributed by atoms with Crippen molar-refractivity contribution in [3.63, 3.8) is 0 Å². The lowest BCUT2D eigenvalue weighted by atomic mass is 10.1. The van der Waals surface area contributed by atoms with Gasteiger partial charge in [-0.1, -0.05) is 26.8 Å². The summed E-state index contributed by atoms with van der Waals surface area (Å²) >= 11 is 5.11. The minimum atomic E-state index is -0.175. The molecule has 3 rings (SSSR count). The van der Waals surface area contributed by atoms with Gasteiger partial charge in [-0.25, -0.2) is 4.98 Å². The summed E-state index contributed by atoms with van der Waals surface area (Å²) in [5.74, 6) is -0.00238. The van der Waals surface area contributed by atoms with Crippen molar-refractivity contribution in [1.29, 1.82) is 0 Å². The summed E-state index contributed by atoms with van der Waals surface area (Å²) in [6.07, 6.45) is 0.914. The summed E-state index contributed by atoms with van der Waals surface area (Å²) in [5, 5.41) is 16.0. The highest BCUT2D eigenvalue weighted by molar-refractivity contribution is 7.80. The number of hydrogen-bond acceptors (Lipinski definition) is 5. The highest BCUT2D eigenvalue weighted by atomic mass is 32.1. The van der Waals surface area contributed by atoms with E-state index in [0.29, 0.717) is 22.7 Å². The van der Waals surface area contributed by atoms with Crippen LogP contribution in [0.4, 0.5) is 5.69 Å². The Kier molecular flexibility index (Phi) is 5.41. The number of thiocarbonyl (C=S) groups is 1. The molecule has 140 valence electrons. The highest BCUT2D eigenvalue weighted by Gasteiger charge is 2.14. The first kappa shape index (κ1) is 18.8. The van der Waals surface area contributed by atoms with Crippen LogP contribution >= 0.6 is 12.2 Å². The monoisotopic (exact) mass is 383 g/mol. The molecule has 0 spiro atoms. The minimum Gasteiger partial charge on any atom is -0.507 e. The predicted octanol–water partition coefficient (Wildman–Crippen LogP) is 4.23. The molecule has 0 aliphatic carbocycles. The molecule has 0 fully saturated rings. The topological polar surface area (TPSA) is 87.4 Å². The van der Waals surface area contributed by atoms with Gasteiger partial charge in [0, 0.05) is 17.7 Å². The van der Waals surface area contributed by atoms with Crippen LogP contribution in [0.25, 0.3) is 22.6 Å². The maximum atomic E-state index is 11.7. The van der Waals surface area contributed by atoms with E-state index < -0.39 is 0 Å². The number of carbonyl (C=O) groups excluding carboxylic acids is 1. The molecule has 27 heavy (non-hydrogen) atoms. The Morgan fingerprint density at radius 3 is 2.70 bits per heavy atom. The van der Waals surface area contributed by atoms with Gasteiger partial charge in [0.25, 0.3) is 0 Å². The molecule has 0 radical (unpaired) electrons. The third-order valence-electron chi connectivity index (χ3n) is 4.11. The van der Waals surface area contributed by atoms with E-state index in [1.54, 1.807) is 26.0 Å². The fourth-order valence-corrected chi connectivity index (χ4v) is 2.74. The Morgan fingerprint density at radius 1 is 1.26 bits per heavy atom. The van der Waals surface area contributed by atoms with Crippen LogP contribution in [-0.2, 0) is 11.2 Å². The Hall–Kier alpha value is -2.93. The van der Waals surface area contributed by atoms with E-state index in [1.807, 2.05) is 18.2 Å². The van der Waals surface area contributed by atoms with Crippen LogP contribution in [0.2, 0.25) is 0 Å². The van der Waals surface area contributed by atoms with E-state index in [2.05, 4.69) is 22.5 Å². The van der Waals surface area contributed by atoms with Gasteiger partial charge in [-0.3, -0.25) is 4.79 Å². The van der Waals surface area contributed by atoms with E-state index in [4.69, 9.17) is 16.6 Å². The van der Waals surface area contributed by atoms with Gasteiger partial charge in [0.2, 0.25) is 11.8 Å². The van der Waals surface area contributed by atoms with Crippen molar-refractivity contribution in [3.8, 4) is 17.2 Å². The van der Waals surface area contributed by atoms with E-state index in [0.717, 1.165) is 11.9 Å². The maximum absolute atomic E-state index is 11.7. The summed E-state index contributed by atoms with van der Waals surface area (Å²) < 4.78 is 5.76. The van der Waals surface area contributed by atoms with Gasteiger partial charge >= 0.3 is 0 Å². The standard InChI is InChI=1S/C20H21N3O3S/c1-4-12-5-8-17-15(9-12)22-19(26-17)14-7-6-13(10-16(14)24)21-20(27)23-18(25)11(2)3/h5-11,24H,4H2,1-3H3,(H2,21,23,25,27). The highest BCUT2D eigenvalue weighted by Crippen LogP contribution is 2.33. The van der Waals surface area contributed by atoms with Gasteiger partial charge in [0.05, 0.1) is 5.56 Å². The second-order valence-corrected chi connectivity index (χ2v) is 6.91. The molecule has 0 aliphatic heterocycles. The lowest BCUT2D eigenvalue weighted by molar-refractivity contribution is -0.122. The SMILES string of the molecule is CCc1ccc2oc(-c3ccc(NC(=S)NC(=O)C(C)C)cc3O)nc2c1. The van der Waals surface area contributed by atoms with Crippen LogP contribution < -0.4 is 10.6 Å². The number of hydrogen-bond donors (Lipinski definition) is 3. The summed E-state index contributed by atoms with van der Waals surface area (Å²) in [7, 11) is 0. The molecule has 0 saturated heterocycles. The van der Waals surface area contributed by atoms with Crippen LogP contribution in [0.15, 0.2) is 40.8 Å². The first-order valence-electron chi connectivity index (χ1n) is 8.72. The van der Waals surface area contributed by atoms with E-state index >= 15 is 0 Å². The third kappa shape index (κ3) is 4.25. The molecule has 1 amide bonds. The van der Waals surface area contributed by atoms with Crippen molar-refractivity contribution in [1.82, 2.24) is 10.3 Å². The predicted molar refractivity (Wildman–Crippen MR) is 110 cm³/mol. The number of phenols is 1. The molecule has 7 heteroatoms. The number of rotatable bonds is 4. The largest absolute Gasteiger partial charge is 0.507 e. The number of anilines is 1. The maximum Gasteiger partial charge on any atom is 0.231 e. The van der Waals surface area contributed by atoms with Crippen molar-refractivity contribution < 1.29 is 14.3 Å². The summed E-state index contributed by atoms with van der Waals surface area (Å²) in [5.41, 5.74) is 3.62. The van der Waals surface area contributed by atoms with Crippen molar-refractivity contribution in [2.75, 3.05) is 5.32 Å². The molecule has 1 heterocycles. The number of aryl methyl sites for hydroxylation is 1. The molecule has 6 nitrogen and oxygen atoms in total. The van der Waals surface area contributed by atoms with Crippen LogP contribution in [0.5, 0.6) is 5.75 Å². The van der Waals surface area contributed by atoms with Crippen molar-refractivity contribution in [2.24, 2.45) is 5.92 Å². The Morgan fingerprint density at radius 2 is 2.04 bits per heavy atom. The number of aromatic nitrogens is 1. The molecule has 2 aromatic carbocycles. The number of nitrogens with one attached hydrogen (secondary N) is 2. The first-order chi connectivity index (χ1) is 12.9. The summed E-state index contributed by atoms with van der Waals surface area (Å²) in [6.45, 7) is 5.64. The third-order valence-corrected chi connectivity index (χ3v) is 4.31. The number of amides is 1. The lowest BCUT2D eigenvalue weighted by Gasteiger charge is -2.12. The number of benzene rings is 2. The van der Waals surface area contributed by atoms with Crippen molar-refractivity contribution in [2.45, 2.75) is 27.2 Å². The summed E-state index contributed by atoms with van der Waals surface area (Å²) in [6, 6.07) is 10.8. The van der Waals surface area contributed by atoms with Crippen LogP contribution in [-0.4, -0.2) is 21.1 Å². The van der Waals surface area contributed by atoms with E-state index in [9.17, 15) is 9.90 Å². The molecule has 0 atom stereocenters. The molecular weight excluding hydrogens is 362 g/mol. The van der Waals surface area contributed by atoms with E-state index in [-0.39, 0.29) is 22.7 Å². The van der Waals surface area contributed by atoms with Gasteiger partial charge in [0.1, 0.15) is 11.3 Å². The van der Waals surface area contributed by atoms with Gasteiger partial charge < -0.3 is 20.2 Å². The molecule has 0 saturated carbocycles. The fourth-order valence-electron chi connectivity index (χ4n) is 2.52. The Balaban J connectivity index is 1.80. The number of fused-ring (bicyclic) bond motifs is 1. The number of oxazole rings is 1. The average molecular weight is 383 g/mol. The quantitative estimate of drug-likeness (QED) is 0.585. The normalized spacial score (nSPS) is 11.0. The average Bonchev–Trinajstić information content (AvgIpc) is 3.04. The van der Waals surface area contributed by atoms with Crippen LogP contribution in [0.1, 0.15) is 26.3 Å². The van der Waals surface area contributed by atoms with Gasteiger partial charge in [0.15, 0.2) is 10.7 Å². The van der Waals surface area contributed by atoms with Crippen molar-refractivity contribution >= 4 is 40.0 Å². The smallest absolute Gasteiger partial charge is 0.231 e. The second-order valence-electron chi connectivity index (χ2n) is 6.50. The molecule has 0 bridgehead atoms. The summed E-state index contributed by atoms with van der Waals surface area (Å²) in [4.78, 5) is 16.1. The zero-order valence-electron chi connectivity index (χ0n) is 15.4. The van der Waals surface area contributed by atoms with Crippen molar-refractivity contribution in [3.05, 3.63) is 42.0 Å². The van der Waals surface area contributed by atoms with Crippen LogP contribution in [0, 0.1) is 5.92 Å². The van der Waals surface area contributed by atoms with Gasteiger partial charge in [-0.2, -0.15) is 0 Å². The zero-order chi connectivity index (χ0) is 19.6. The Labute approximate surface area is 162 Å². The number of aromatic hydroxyl groups is 1. The molecular formula is C20H21N3O3S. The minimum absolute atomic E-state index is 0.000238. The second kappa shape index (κ2) is 7.75. The van der Waals surface area contributed by atoms with Crippen LogP contribution in [0.3, 0.4) is 0 Å². The lowest BCUT2D eigenvalue weighted by Crippen LogP contribution is -2.36. The fraction of sp³-hybridized carbons (Fsp3) is 0.250. The van der Waals surface area contributed by atoms with Gasteiger partial charge in [-0.05, 0) is 48.5 Å². The number of carbonyl (C=O) groups is 1. The van der Waals surface area contributed by atoms with Gasteiger partial charge in [-0.15, -0.1) is 0 Å². The number of phenolic OH excluding ortho intramolecular Hbond substituents is 1. The van der Waals surface area contributed by atoms with E-state index in [1.165, 1.54) is 11.6 Å². The molecule has 0 aliphatic rings. The molecule has 3 N–H and O–H groups in total. The zero-order valence-corrected chi connectivity index (χ0v) is 16.2. The molecule has 0 unspecified atom stereocenters.